The van der Waals surface area contributed by atoms with Crippen LogP contribution in [0.2, 0.25) is 0 Å². The Kier molecular flexibility index (Phi) is 12.4. The predicted molar refractivity (Wildman–Crippen MR) is 126 cm³/mol. The molecule has 0 aliphatic carbocycles. The minimum Gasteiger partial charge on any atom is -0.466 e. The largest absolute Gasteiger partial charge is 0.466 e. The highest BCUT2D eigenvalue weighted by Crippen LogP contribution is 2.19. The summed E-state index contributed by atoms with van der Waals surface area (Å²) in [5.41, 5.74) is 0. The number of methoxy groups -OCH3 is 1. The van der Waals surface area contributed by atoms with Crippen LogP contribution in [-0.2, 0) is 47.9 Å². The molecule has 186 valence electrons. The first-order valence-corrected chi connectivity index (χ1v) is 12.6. The number of aromatic nitrogens is 4. The smallest absolute Gasteiger partial charge is 0.306 e. The van der Waals surface area contributed by atoms with Crippen molar-refractivity contribution >= 4 is 51.2 Å². The second-order valence-electron chi connectivity index (χ2n) is 7.34. The van der Waals surface area contributed by atoms with Gasteiger partial charge in [-0.2, -0.15) is 0 Å². The highest BCUT2D eigenvalue weighted by molar-refractivity contribution is 7.15. The van der Waals surface area contributed by atoms with E-state index in [4.69, 9.17) is 9.47 Å². The van der Waals surface area contributed by atoms with E-state index in [1.54, 1.807) is 6.92 Å². The van der Waals surface area contributed by atoms with Crippen LogP contribution in [0, 0.1) is 0 Å². The van der Waals surface area contributed by atoms with Crippen LogP contribution in [0.4, 0.5) is 5.13 Å². The van der Waals surface area contributed by atoms with Crippen LogP contribution in [0.1, 0.15) is 60.5 Å². The molecule has 0 unspecified atom stereocenters. The average molecular weight is 512 g/mol. The Balaban J connectivity index is 1.63. The Hall–Kier alpha value is -2.64. The van der Waals surface area contributed by atoms with Crippen molar-refractivity contribution in [2.24, 2.45) is 0 Å². The third-order valence-corrected chi connectivity index (χ3v) is 6.33. The molecule has 2 aromatic heterocycles. The van der Waals surface area contributed by atoms with Gasteiger partial charge < -0.3 is 14.8 Å². The maximum Gasteiger partial charge on any atom is 0.306 e. The Morgan fingerprint density at radius 2 is 1.47 bits per heavy atom. The summed E-state index contributed by atoms with van der Waals surface area (Å²) in [5, 5.41) is 21.7. The van der Waals surface area contributed by atoms with Crippen LogP contribution >= 0.6 is 22.7 Å². The number of Topliss-reactive ketones (excluding diaryl/α,β-unsaturated/α-hetero) is 2. The molecule has 1 amide bonds. The molecule has 13 heteroatoms. The fourth-order valence-corrected chi connectivity index (χ4v) is 4.53. The fraction of sp³-hybridized carbons (Fsp3) is 0.619. The van der Waals surface area contributed by atoms with E-state index < -0.39 is 0 Å². The molecular formula is C21H29N5O6S2. The minimum atomic E-state index is -0.367. The van der Waals surface area contributed by atoms with Gasteiger partial charge in [-0.15, -0.1) is 31.7 Å². The standard InChI is InChI=1S/C21H29N5O6S2/c1-3-32-20(30)11-9-14(27)12-19-25-23-17(33-19)6-4-5-7-18-24-26-21(34-18)22-16(29)10-8-15(28)13-31-2/h3-13H2,1-2H3,(H,22,26,29). The summed E-state index contributed by atoms with van der Waals surface area (Å²) in [6, 6.07) is 0. The van der Waals surface area contributed by atoms with Crippen molar-refractivity contribution < 1.29 is 28.7 Å². The molecule has 0 spiro atoms. The van der Waals surface area contributed by atoms with Gasteiger partial charge in [-0.3, -0.25) is 19.2 Å². The number of amides is 1. The van der Waals surface area contributed by atoms with E-state index >= 15 is 0 Å². The number of unbranched alkanes of at least 4 members (excludes halogenated alkanes) is 1. The summed E-state index contributed by atoms with van der Waals surface area (Å²) in [5.74, 6) is -0.831. The minimum absolute atomic E-state index is 0.00382. The van der Waals surface area contributed by atoms with Crippen molar-refractivity contribution in [3.63, 3.8) is 0 Å². The Morgan fingerprint density at radius 3 is 2.18 bits per heavy atom. The van der Waals surface area contributed by atoms with Crippen molar-refractivity contribution in [2.75, 3.05) is 25.6 Å². The number of anilines is 1. The first-order chi connectivity index (χ1) is 16.4. The lowest BCUT2D eigenvalue weighted by molar-refractivity contribution is -0.144. The van der Waals surface area contributed by atoms with E-state index in [1.165, 1.54) is 29.8 Å². The van der Waals surface area contributed by atoms with Gasteiger partial charge in [-0.25, -0.2) is 0 Å². The predicted octanol–water partition coefficient (Wildman–Crippen LogP) is 2.34. The Morgan fingerprint density at radius 1 is 0.824 bits per heavy atom. The van der Waals surface area contributed by atoms with Gasteiger partial charge in [0.2, 0.25) is 11.0 Å². The van der Waals surface area contributed by atoms with E-state index in [1.807, 2.05) is 0 Å². The first kappa shape index (κ1) is 27.6. The summed E-state index contributed by atoms with van der Waals surface area (Å²) in [4.78, 5) is 46.6. The molecule has 0 aliphatic heterocycles. The highest BCUT2D eigenvalue weighted by atomic mass is 32.1. The van der Waals surface area contributed by atoms with E-state index in [2.05, 4.69) is 25.7 Å². The number of rotatable bonds is 17. The SMILES string of the molecule is CCOC(=O)CCC(=O)Cc1nnc(CCCCc2nnc(NC(=O)CCC(=O)COC)s2)s1. The van der Waals surface area contributed by atoms with Crippen molar-refractivity contribution in [2.45, 2.75) is 64.7 Å². The molecule has 0 aromatic carbocycles. The van der Waals surface area contributed by atoms with Gasteiger partial charge in [0.25, 0.3) is 0 Å². The third kappa shape index (κ3) is 11.0. The number of ketones is 2. The zero-order valence-corrected chi connectivity index (χ0v) is 21.0. The molecule has 0 saturated heterocycles. The quantitative estimate of drug-likeness (QED) is 0.247. The molecular weight excluding hydrogens is 482 g/mol. The fourth-order valence-electron chi connectivity index (χ4n) is 2.82. The van der Waals surface area contributed by atoms with E-state index in [9.17, 15) is 19.2 Å². The molecule has 0 radical (unpaired) electrons. The number of esters is 1. The van der Waals surface area contributed by atoms with Gasteiger partial charge in [-0.05, 0) is 19.8 Å². The van der Waals surface area contributed by atoms with Gasteiger partial charge in [0.15, 0.2) is 5.78 Å². The molecule has 2 aromatic rings. The number of nitrogens with one attached hydrogen (secondary N) is 1. The van der Waals surface area contributed by atoms with Crippen LogP contribution < -0.4 is 5.32 Å². The Bertz CT molecular complexity index is 885. The van der Waals surface area contributed by atoms with E-state index in [0.717, 1.165) is 35.7 Å². The number of hydrogen-bond acceptors (Lipinski definition) is 12. The number of carbonyl (C=O) groups excluding carboxylic acids is 4. The lowest BCUT2D eigenvalue weighted by Crippen LogP contribution is -2.15. The zero-order valence-electron chi connectivity index (χ0n) is 19.3. The van der Waals surface area contributed by atoms with E-state index in [0.29, 0.717) is 16.7 Å². The molecule has 0 atom stereocenters. The molecule has 34 heavy (non-hydrogen) atoms. The first-order valence-electron chi connectivity index (χ1n) is 11.0. The molecule has 2 rings (SSSR count). The molecule has 0 aliphatic rings. The van der Waals surface area contributed by atoms with Crippen LogP contribution in [0.5, 0.6) is 0 Å². The third-order valence-electron chi connectivity index (χ3n) is 4.45. The summed E-state index contributed by atoms with van der Waals surface area (Å²) in [7, 11) is 1.44. The van der Waals surface area contributed by atoms with Crippen LogP contribution in [0.3, 0.4) is 0 Å². The maximum atomic E-state index is 12.0. The average Bonchev–Trinajstić information content (AvgIpc) is 3.43. The van der Waals surface area contributed by atoms with Gasteiger partial charge in [-0.1, -0.05) is 11.3 Å². The van der Waals surface area contributed by atoms with Gasteiger partial charge in [0.1, 0.15) is 27.4 Å². The number of nitrogens with zero attached hydrogens (tertiary/aromatic N) is 4. The van der Waals surface area contributed by atoms with Gasteiger partial charge in [0.05, 0.1) is 19.4 Å². The molecule has 1 N–H and O–H groups in total. The maximum absolute atomic E-state index is 12.0. The highest BCUT2D eigenvalue weighted by Gasteiger charge is 2.13. The number of hydrogen-bond donors (Lipinski definition) is 1. The molecule has 0 fully saturated rings. The monoisotopic (exact) mass is 511 g/mol. The summed E-state index contributed by atoms with van der Waals surface area (Å²) in [6.45, 7) is 2.04. The zero-order chi connectivity index (χ0) is 24.8. The summed E-state index contributed by atoms with van der Waals surface area (Å²) in [6.07, 6.45) is 3.81. The lowest BCUT2D eigenvalue weighted by atomic mass is 10.2. The topological polar surface area (TPSA) is 150 Å². The van der Waals surface area contributed by atoms with Crippen LogP contribution in [-0.4, -0.2) is 64.2 Å². The number of carbonyl (C=O) groups is 4. The molecule has 0 saturated carbocycles. The van der Waals surface area contributed by atoms with Crippen LogP contribution in [0.15, 0.2) is 0 Å². The second-order valence-corrected chi connectivity index (χ2v) is 9.55. The van der Waals surface area contributed by atoms with Crippen LogP contribution in [0.25, 0.3) is 0 Å². The van der Waals surface area contributed by atoms with Crippen molar-refractivity contribution in [3.8, 4) is 0 Å². The summed E-state index contributed by atoms with van der Waals surface area (Å²) >= 11 is 2.72. The van der Waals surface area contributed by atoms with Gasteiger partial charge in [0, 0.05) is 39.2 Å². The van der Waals surface area contributed by atoms with Crippen molar-refractivity contribution in [1.82, 2.24) is 20.4 Å². The molecule has 11 nitrogen and oxygen atoms in total. The number of ether oxygens (including phenoxy) is 2. The molecule has 2 heterocycles. The summed E-state index contributed by atoms with van der Waals surface area (Å²) < 4.78 is 9.55. The Labute approximate surface area is 205 Å². The van der Waals surface area contributed by atoms with Crippen molar-refractivity contribution in [1.29, 1.82) is 0 Å². The van der Waals surface area contributed by atoms with E-state index in [-0.39, 0.29) is 62.2 Å². The molecule has 0 bridgehead atoms. The number of aryl methyl sites for hydroxylation is 2. The van der Waals surface area contributed by atoms with Gasteiger partial charge >= 0.3 is 5.97 Å². The van der Waals surface area contributed by atoms with Crippen molar-refractivity contribution in [3.05, 3.63) is 15.0 Å². The second kappa shape index (κ2) is 15.3. The normalized spacial score (nSPS) is 10.8. The lowest BCUT2D eigenvalue weighted by Gasteiger charge is -2.00.